The first-order valence-corrected chi connectivity index (χ1v) is 7.22. The van der Waals surface area contributed by atoms with Gasteiger partial charge >= 0.3 is 0 Å². The van der Waals surface area contributed by atoms with Crippen LogP contribution in [0.2, 0.25) is 0 Å². The van der Waals surface area contributed by atoms with E-state index in [9.17, 15) is 14.9 Å². The molecule has 1 aromatic carbocycles. The Morgan fingerprint density at radius 3 is 2.75 bits per heavy atom. The van der Waals surface area contributed by atoms with Crippen molar-refractivity contribution in [2.45, 2.75) is 13.8 Å². The molecule has 2 heterocycles. The molecule has 2 aromatic heterocycles. The zero-order valence-electron chi connectivity index (χ0n) is 13.4. The predicted octanol–water partition coefficient (Wildman–Crippen LogP) is 2.75. The molecule has 1 N–H and O–H groups in total. The number of rotatable bonds is 3. The van der Waals surface area contributed by atoms with Gasteiger partial charge in [-0.2, -0.15) is 5.10 Å². The van der Waals surface area contributed by atoms with E-state index in [1.807, 2.05) is 6.92 Å². The maximum absolute atomic E-state index is 12.3. The largest absolute Gasteiger partial charge is 0.321 e. The maximum atomic E-state index is 12.3. The van der Waals surface area contributed by atoms with Gasteiger partial charge in [0.1, 0.15) is 0 Å². The number of benzene rings is 1. The summed E-state index contributed by atoms with van der Waals surface area (Å²) in [7, 11) is 1.80. The third-order valence-corrected chi connectivity index (χ3v) is 3.79. The minimum atomic E-state index is -0.501. The van der Waals surface area contributed by atoms with Crippen molar-refractivity contribution < 1.29 is 9.72 Å². The van der Waals surface area contributed by atoms with Crippen LogP contribution in [0.25, 0.3) is 11.0 Å². The molecule has 0 saturated heterocycles. The minimum absolute atomic E-state index is 0.0840. The number of nitrogens with one attached hydrogen (secondary N) is 1. The normalized spacial score (nSPS) is 10.8. The lowest BCUT2D eigenvalue weighted by atomic mass is 10.1. The van der Waals surface area contributed by atoms with Crippen LogP contribution in [-0.2, 0) is 7.05 Å². The number of hydrogen-bond acceptors (Lipinski definition) is 5. The van der Waals surface area contributed by atoms with E-state index in [0.29, 0.717) is 11.3 Å². The van der Waals surface area contributed by atoms with Crippen LogP contribution in [0.1, 0.15) is 21.6 Å². The molecule has 122 valence electrons. The van der Waals surface area contributed by atoms with Crippen molar-refractivity contribution in [1.82, 2.24) is 14.8 Å². The Labute approximate surface area is 137 Å². The summed E-state index contributed by atoms with van der Waals surface area (Å²) in [5.41, 5.74) is 2.67. The third kappa shape index (κ3) is 2.69. The number of nitro benzene ring substituents is 1. The second-order valence-corrected chi connectivity index (χ2v) is 5.52. The SMILES string of the molecule is Cc1ccc(C(=O)Nc2cnc3c(c2)c(C)nn3C)cc1[N+](=O)[O-]. The number of anilines is 1. The number of aromatic nitrogens is 3. The van der Waals surface area contributed by atoms with Crippen LogP contribution < -0.4 is 5.32 Å². The number of fused-ring (bicyclic) bond motifs is 1. The molecule has 0 spiro atoms. The summed E-state index contributed by atoms with van der Waals surface area (Å²) < 4.78 is 1.67. The highest BCUT2D eigenvalue weighted by Crippen LogP contribution is 2.22. The molecule has 0 unspecified atom stereocenters. The molecule has 0 aliphatic rings. The fourth-order valence-corrected chi connectivity index (χ4v) is 2.53. The van der Waals surface area contributed by atoms with Gasteiger partial charge in [0.15, 0.2) is 5.65 Å². The number of aryl methyl sites for hydroxylation is 3. The van der Waals surface area contributed by atoms with Crippen molar-refractivity contribution in [3.05, 3.63) is 57.4 Å². The Morgan fingerprint density at radius 1 is 1.29 bits per heavy atom. The summed E-state index contributed by atoms with van der Waals surface area (Å²) in [6.45, 7) is 3.49. The van der Waals surface area contributed by atoms with E-state index in [1.165, 1.54) is 12.3 Å². The van der Waals surface area contributed by atoms with Crippen molar-refractivity contribution in [3.8, 4) is 0 Å². The molecule has 0 aliphatic heterocycles. The number of amides is 1. The topological polar surface area (TPSA) is 103 Å². The highest BCUT2D eigenvalue weighted by Gasteiger charge is 2.16. The van der Waals surface area contributed by atoms with Crippen molar-refractivity contribution in [2.75, 3.05) is 5.32 Å². The van der Waals surface area contributed by atoms with Gasteiger partial charge in [-0.05, 0) is 26.0 Å². The average Bonchev–Trinajstić information content (AvgIpc) is 2.81. The van der Waals surface area contributed by atoms with E-state index in [4.69, 9.17) is 0 Å². The van der Waals surface area contributed by atoms with E-state index in [2.05, 4.69) is 15.4 Å². The lowest BCUT2D eigenvalue weighted by Crippen LogP contribution is -2.12. The van der Waals surface area contributed by atoms with Crippen LogP contribution in [0.4, 0.5) is 11.4 Å². The Kier molecular flexibility index (Phi) is 3.72. The molecule has 8 heteroatoms. The minimum Gasteiger partial charge on any atom is -0.321 e. The number of hydrogen-bond donors (Lipinski definition) is 1. The monoisotopic (exact) mass is 325 g/mol. The quantitative estimate of drug-likeness (QED) is 0.589. The second kappa shape index (κ2) is 5.73. The smallest absolute Gasteiger partial charge is 0.273 e. The summed E-state index contributed by atoms with van der Waals surface area (Å²) in [4.78, 5) is 27.1. The third-order valence-electron chi connectivity index (χ3n) is 3.79. The van der Waals surface area contributed by atoms with Gasteiger partial charge in [-0.25, -0.2) is 4.98 Å². The molecule has 24 heavy (non-hydrogen) atoms. The molecule has 0 bridgehead atoms. The molecule has 3 aromatic rings. The molecular weight excluding hydrogens is 310 g/mol. The molecule has 1 amide bonds. The number of carbonyl (C=O) groups excluding carboxylic acids is 1. The maximum Gasteiger partial charge on any atom is 0.273 e. The van der Waals surface area contributed by atoms with Gasteiger partial charge < -0.3 is 5.32 Å². The molecule has 0 fully saturated rings. The fourth-order valence-electron chi connectivity index (χ4n) is 2.53. The van der Waals surface area contributed by atoms with Crippen molar-refractivity contribution in [3.63, 3.8) is 0 Å². The molecule has 0 radical (unpaired) electrons. The lowest BCUT2D eigenvalue weighted by Gasteiger charge is -2.06. The summed E-state index contributed by atoms with van der Waals surface area (Å²) in [5.74, 6) is -0.430. The van der Waals surface area contributed by atoms with E-state index in [1.54, 1.807) is 36.9 Å². The lowest BCUT2D eigenvalue weighted by molar-refractivity contribution is -0.385. The average molecular weight is 325 g/mol. The standard InChI is InChI=1S/C16H15N5O3/c1-9-4-5-11(6-14(9)21(23)24)16(22)18-12-7-13-10(2)19-20(3)15(13)17-8-12/h4-8H,1-3H3,(H,18,22). The van der Waals surface area contributed by atoms with Gasteiger partial charge in [-0.15, -0.1) is 0 Å². The van der Waals surface area contributed by atoms with Crippen LogP contribution in [0.15, 0.2) is 30.5 Å². The summed E-state index contributed by atoms with van der Waals surface area (Å²) in [6.07, 6.45) is 1.53. The first-order chi connectivity index (χ1) is 11.4. The summed E-state index contributed by atoms with van der Waals surface area (Å²) >= 11 is 0. The number of nitro groups is 1. The fraction of sp³-hybridized carbons (Fsp3) is 0.188. The number of nitrogens with zero attached hydrogens (tertiary/aromatic N) is 4. The summed E-state index contributed by atoms with van der Waals surface area (Å²) in [6, 6.07) is 6.16. The Hall–Kier alpha value is -3.29. The van der Waals surface area contributed by atoms with Gasteiger partial charge in [0.25, 0.3) is 11.6 Å². The van der Waals surface area contributed by atoms with Crippen LogP contribution >= 0.6 is 0 Å². The molecular formula is C16H15N5O3. The van der Waals surface area contributed by atoms with E-state index < -0.39 is 10.8 Å². The number of pyridine rings is 1. The first-order valence-electron chi connectivity index (χ1n) is 7.22. The Bertz CT molecular complexity index is 977. The van der Waals surface area contributed by atoms with Gasteiger partial charge in [0, 0.05) is 29.6 Å². The van der Waals surface area contributed by atoms with E-state index >= 15 is 0 Å². The van der Waals surface area contributed by atoms with Crippen molar-refractivity contribution in [1.29, 1.82) is 0 Å². The van der Waals surface area contributed by atoms with Gasteiger partial charge in [0.05, 0.1) is 22.5 Å². The van der Waals surface area contributed by atoms with Crippen LogP contribution in [0.3, 0.4) is 0 Å². The van der Waals surface area contributed by atoms with Crippen LogP contribution in [0.5, 0.6) is 0 Å². The van der Waals surface area contributed by atoms with Gasteiger partial charge in [0.2, 0.25) is 0 Å². The molecule has 0 atom stereocenters. The zero-order chi connectivity index (χ0) is 17.4. The van der Waals surface area contributed by atoms with Crippen molar-refractivity contribution >= 4 is 28.3 Å². The highest BCUT2D eigenvalue weighted by molar-refractivity contribution is 6.05. The highest BCUT2D eigenvalue weighted by atomic mass is 16.6. The molecule has 0 saturated carbocycles. The number of carbonyl (C=O) groups is 1. The van der Waals surface area contributed by atoms with E-state index in [0.717, 1.165) is 16.7 Å². The Balaban J connectivity index is 1.91. The van der Waals surface area contributed by atoms with E-state index in [-0.39, 0.29) is 11.3 Å². The van der Waals surface area contributed by atoms with Crippen LogP contribution in [-0.4, -0.2) is 25.6 Å². The first kappa shape index (κ1) is 15.6. The molecule has 8 nitrogen and oxygen atoms in total. The molecule has 0 aliphatic carbocycles. The van der Waals surface area contributed by atoms with Crippen molar-refractivity contribution in [2.24, 2.45) is 7.05 Å². The Morgan fingerprint density at radius 2 is 2.04 bits per heavy atom. The second-order valence-electron chi connectivity index (χ2n) is 5.52. The zero-order valence-corrected chi connectivity index (χ0v) is 13.4. The predicted molar refractivity (Wildman–Crippen MR) is 89.0 cm³/mol. The van der Waals surface area contributed by atoms with Gasteiger partial charge in [-0.3, -0.25) is 19.6 Å². The molecule has 3 rings (SSSR count). The van der Waals surface area contributed by atoms with Crippen LogP contribution in [0, 0.1) is 24.0 Å². The van der Waals surface area contributed by atoms with Gasteiger partial charge in [-0.1, -0.05) is 6.07 Å². The summed E-state index contributed by atoms with van der Waals surface area (Å²) in [5, 5.41) is 18.8.